The molecule has 0 bridgehead atoms. The van der Waals surface area contributed by atoms with Crippen LogP contribution in [0.5, 0.6) is 0 Å². The number of hydrogen-bond donors (Lipinski definition) is 1. The molecule has 0 spiro atoms. The van der Waals surface area contributed by atoms with Crippen molar-refractivity contribution >= 4 is 6.16 Å². The van der Waals surface area contributed by atoms with Crippen molar-refractivity contribution in [3.63, 3.8) is 0 Å². The number of rotatable bonds is 11. The Kier molecular flexibility index (Phi) is 9.86. The minimum Gasteiger partial charge on any atom is -0.431 e. The van der Waals surface area contributed by atoms with Crippen molar-refractivity contribution in [2.75, 3.05) is 20.3 Å². The number of methoxy groups -OCH3 is 1. The lowest BCUT2D eigenvalue weighted by Gasteiger charge is -2.43. The first-order valence-electron chi connectivity index (χ1n) is 10.7. The Hall–Kier alpha value is -2.75. The van der Waals surface area contributed by atoms with Gasteiger partial charge in [-0.05, 0) is 11.1 Å². The maximum Gasteiger partial charge on any atom is 0.508 e. The van der Waals surface area contributed by atoms with Crippen molar-refractivity contribution in [3.05, 3.63) is 84.4 Å². The average Bonchev–Trinajstić information content (AvgIpc) is 2.86. The zero-order valence-electron chi connectivity index (χ0n) is 18.6. The van der Waals surface area contributed by atoms with Crippen molar-refractivity contribution in [3.8, 4) is 0 Å². The molecule has 5 atom stereocenters. The van der Waals surface area contributed by atoms with E-state index in [4.69, 9.17) is 28.4 Å². The number of aliphatic hydroxyl groups is 1. The fraction of sp³-hybridized carbons (Fsp3) is 0.400. The molecule has 0 aliphatic carbocycles. The molecule has 3 rings (SSSR count). The van der Waals surface area contributed by atoms with Gasteiger partial charge in [-0.2, -0.15) is 0 Å². The molecule has 1 aliphatic heterocycles. The highest BCUT2D eigenvalue weighted by molar-refractivity contribution is 5.59. The first kappa shape index (κ1) is 24.9. The summed E-state index contributed by atoms with van der Waals surface area (Å²) >= 11 is 0. The van der Waals surface area contributed by atoms with Crippen LogP contribution in [-0.4, -0.2) is 62.3 Å². The van der Waals surface area contributed by atoms with Gasteiger partial charge in [0.15, 0.2) is 6.29 Å². The second-order valence-corrected chi connectivity index (χ2v) is 7.45. The average molecular weight is 459 g/mol. The van der Waals surface area contributed by atoms with Crippen molar-refractivity contribution in [2.45, 2.75) is 43.9 Å². The Labute approximate surface area is 193 Å². The summed E-state index contributed by atoms with van der Waals surface area (Å²) in [6.07, 6.45) is -3.88. The van der Waals surface area contributed by atoms with Crippen molar-refractivity contribution in [1.82, 2.24) is 0 Å². The fourth-order valence-corrected chi connectivity index (χ4v) is 3.44. The molecule has 8 heteroatoms. The van der Waals surface area contributed by atoms with Crippen LogP contribution in [0.1, 0.15) is 11.1 Å². The van der Waals surface area contributed by atoms with E-state index < -0.39 is 36.9 Å². The molecule has 2 aromatic carbocycles. The zero-order valence-corrected chi connectivity index (χ0v) is 18.6. The smallest absolute Gasteiger partial charge is 0.431 e. The van der Waals surface area contributed by atoms with Crippen LogP contribution in [0.15, 0.2) is 73.3 Å². The molecule has 2 aromatic rings. The largest absolute Gasteiger partial charge is 0.508 e. The Morgan fingerprint density at radius 1 is 0.970 bits per heavy atom. The van der Waals surface area contributed by atoms with Crippen LogP contribution in [0, 0.1) is 0 Å². The van der Waals surface area contributed by atoms with E-state index in [9.17, 15) is 9.90 Å². The van der Waals surface area contributed by atoms with Crippen molar-refractivity contribution in [1.29, 1.82) is 0 Å². The minimum absolute atomic E-state index is 0.0197. The predicted octanol–water partition coefficient (Wildman–Crippen LogP) is 3.23. The van der Waals surface area contributed by atoms with Crippen molar-refractivity contribution in [2.24, 2.45) is 0 Å². The van der Waals surface area contributed by atoms with E-state index in [0.29, 0.717) is 0 Å². The Morgan fingerprint density at radius 2 is 1.55 bits per heavy atom. The number of aliphatic hydroxyl groups excluding tert-OH is 1. The molecule has 0 saturated carbocycles. The van der Waals surface area contributed by atoms with E-state index in [0.717, 1.165) is 11.1 Å². The highest BCUT2D eigenvalue weighted by Gasteiger charge is 2.47. The summed E-state index contributed by atoms with van der Waals surface area (Å²) in [6, 6.07) is 19.2. The minimum atomic E-state index is -1.15. The Balaban J connectivity index is 1.71. The molecule has 178 valence electrons. The van der Waals surface area contributed by atoms with Gasteiger partial charge in [-0.3, -0.25) is 0 Å². The number of ether oxygens (including phenoxy) is 6. The third-order valence-electron chi connectivity index (χ3n) is 5.11. The number of carbonyl (C=O) groups excluding carboxylic acids is 1. The van der Waals surface area contributed by atoms with Gasteiger partial charge >= 0.3 is 6.16 Å². The molecule has 1 N–H and O–H groups in total. The SMILES string of the molecule is C=CCOC(=O)OC[C@H]1O[C@@H](OC)[C@H](OCc2ccccc2)[C@@H](OCc2ccccc2)[C@@H]1O. The second kappa shape index (κ2) is 13.1. The molecular formula is C25H30O8. The van der Waals surface area contributed by atoms with Gasteiger partial charge in [-0.1, -0.05) is 73.3 Å². The maximum absolute atomic E-state index is 11.7. The van der Waals surface area contributed by atoms with E-state index >= 15 is 0 Å². The normalized spacial score (nSPS) is 24.7. The standard InChI is InChI=1S/C25H30O8/c1-3-14-29-25(27)32-17-20-21(26)22(30-15-18-10-6-4-7-11-18)23(24(28-2)33-20)31-16-19-12-8-5-9-13-19/h3-13,20-24,26H,1,14-17H2,2H3/t20-,21-,22+,23-,24-/m1/s1. The highest BCUT2D eigenvalue weighted by Crippen LogP contribution is 2.28. The van der Waals surface area contributed by atoms with Gasteiger partial charge in [0.25, 0.3) is 0 Å². The molecule has 0 unspecified atom stereocenters. The maximum atomic E-state index is 11.7. The first-order valence-corrected chi connectivity index (χ1v) is 10.7. The third kappa shape index (κ3) is 7.38. The van der Waals surface area contributed by atoms with E-state index in [1.54, 1.807) is 0 Å². The second-order valence-electron chi connectivity index (χ2n) is 7.45. The summed E-state index contributed by atoms with van der Waals surface area (Å²) in [5.74, 6) is 0. The quantitative estimate of drug-likeness (QED) is 0.405. The Bertz CT molecular complexity index is 844. The van der Waals surface area contributed by atoms with Crippen LogP contribution in [0.25, 0.3) is 0 Å². The zero-order chi connectivity index (χ0) is 23.5. The summed E-state index contributed by atoms with van der Waals surface area (Å²) in [7, 11) is 1.48. The van der Waals surface area contributed by atoms with Gasteiger partial charge in [0.05, 0.1) is 13.2 Å². The van der Waals surface area contributed by atoms with Gasteiger partial charge < -0.3 is 33.5 Å². The van der Waals surface area contributed by atoms with Crippen LogP contribution in [0.4, 0.5) is 4.79 Å². The molecule has 33 heavy (non-hydrogen) atoms. The van der Waals surface area contributed by atoms with Crippen LogP contribution in [0.3, 0.4) is 0 Å². The lowest BCUT2D eigenvalue weighted by Crippen LogP contribution is -2.60. The van der Waals surface area contributed by atoms with Crippen LogP contribution < -0.4 is 0 Å². The molecule has 0 radical (unpaired) electrons. The molecule has 0 amide bonds. The summed E-state index contributed by atoms with van der Waals surface area (Å²) in [5.41, 5.74) is 1.90. The lowest BCUT2D eigenvalue weighted by atomic mass is 9.98. The van der Waals surface area contributed by atoms with E-state index in [2.05, 4.69) is 6.58 Å². The molecular weight excluding hydrogens is 428 g/mol. The highest BCUT2D eigenvalue weighted by atomic mass is 16.7. The van der Waals surface area contributed by atoms with Gasteiger partial charge in [-0.15, -0.1) is 0 Å². The lowest BCUT2D eigenvalue weighted by molar-refractivity contribution is -0.314. The summed E-state index contributed by atoms with van der Waals surface area (Å²) in [5, 5.41) is 11.0. The van der Waals surface area contributed by atoms with Gasteiger partial charge in [0.2, 0.25) is 0 Å². The number of hydrogen-bond acceptors (Lipinski definition) is 8. The summed E-state index contributed by atoms with van der Waals surface area (Å²) < 4.78 is 33.4. The first-order chi connectivity index (χ1) is 16.1. The number of benzene rings is 2. The summed E-state index contributed by atoms with van der Waals surface area (Å²) in [4.78, 5) is 11.7. The summed E-state index contributed by atoms with van der Waals surface area (Å²) in [6.45, 7) is 3.78. The van der Waals surface area contributed by atoms with Gasteiger partial charge in [0.1, 0.15) is 37.6 Å². The number of carbonyl (C=O) groups is 1. The van der Waals surface area contributed by atoms with Gasteiger partial charge in [0, 0.05) is 7.11 Å². The van der Waals surface area contributed by atoms with E-state index in [-0.39, 0.29) is 26.4 Å². The van der Waals surface area contributed by atoms with Crippen LogP contribution >= 0.6 is 0 Å². The molecule has 8 nitrogen and oxygen atoms in total. The van der Waals surface area contributed by atoms with Crippen molar-refractivity contribution < 1.29 is 38.3 Å². The van der Waals surface area contributed by atoms with Gasteiger partial charge in [-0.25, -0.2) is 4.79 Å². The fourth-order valence-electron chi connectivity index (χ4n) is 3.44. The van der Waals surface area contributed by atoms with Crippen LogP contribution in [-0.2, 0) is 41.6 Å². The van der Waals surface area contributed by atoms with Crippen LogP contribution in [0.2, 0.25) is 0 Å². The monoisotopic (exact) mass is 458 g/mol. The Morgan fingerprint density at radius 3 is 2.09 bits per heavy atom. The molecule has 0 aromatic heterocycles. The predicted molar refractivity (Wildman–Crippen MR) is 119 cm³/mol. The van der Waals surface area contributed by atoms with E-state index in [1.165, 1.54) is 13.2 Å². The molecule has 1 saturated heterocycles. The molecule has 1 heterocycles. The van der Waals surface area contributed by atoms with E-state index in [1.807, 2.05) is 60.7 Å². The topological polar surface area (TPSA) is 92.7 Å². The molecule has 1 fully saturated rings. The third-order valence-corrected chi connectivity index (χ3v) is 5.11. The molecule has 1 aliphatic rings.